The van der Waals surface area contributed by atoms with E-state index in [-0.39, 0.29) is 0 Å². The molecule has 2 aromatic heterocycles. The first-order chi connectivity index (χ1) is 7.36. The quantitative estimate of drug-likeness (QED) is 0.697. The summed E-state index contributed by atoms with van der Waals surface area (Å²) in [5.74, 6) is 0. The molecular weight excluding hydrogens is 212 g/mol. The Hall–Kier alpha value is -1.16. The van der Waals surface area contributed by atoms with Crippen LogP contribution in [0.15, 0.2) is 12.5 Å². The van der Waals surface area contributed by atoms with Crippen LogP contribution in [0, 0.1) is 0 Å². The molecule has 2 heterocycles. The molecule has 1 fully saturated rings. The Kier molecular flexibility index (Phi) is 2.09. The van der Waals surface area contributed by atoms with E-state index in [2.05, 4.69) is 15.1 Å². The molecule has 0 saturated heterocycles. The Morgan fingerprint density at radius 1 is 1.27 bits per heavy atom. The molecule has 0 unspecified atom stereocenters. The fourth-order valence-corrected chi connectivity index (χ4v) is 2.43. The summed E-state index contributed by atoms with van der Waals surface area (Å²) in [6.07, 6.45) is 8.21. The predicted octanol–water partition coefficient (Wildman–Crippen LogP) is 2.59. The van der Waals surface area contributed by atoms with Crippen LogP contribution in [0.2, 0.25) is 5.15 Å². The van der Waals surface area contributed by atoms with Crippen molar-refractivity contribution in [1.82, 2.24) is 19.7 Å². The molecule has 3 rings (SSSR count). The number of aromatic nitrogens is 4. The summed E-state index contributed by atoms with van der Waals surface area (Å²) < 4.78 is 2.00. The van der Waals surface area contributed by atoms with Crippen LogP contribution in [-0.4, -0.2) is 19.7 Å². The van der Waals surface area contributed by atoms with Gasteiger partial charge in [0.05, 0.1) is 17.6 Å². The maximum Gasteiger partial charge on any atom is 0.162 e. The number of hydrogen-bond donors (Lipinski definition) is 0. The van der Waals surface area contributed by atoms with E-state index in [0.717, 1.165) is 11.0 Å². The molecular formula is C10H11ClN4. The SMILES string of the molecule is Clc1ncnc2c1cnn2C1CCCC1. The minimum Gasteiger partial charge on any atom is -0.244 e. The van der Waals surface area contributed by atoms with E-state index in [4.69, 9.17) is 11.6 Å². The number of nitrogens with zero attached hydrogens (tertiary/aromatic N) is 4. The van der Waals surface area contributed by atoms with Crippen LogP contribution < -0.4 is 0 Å². The van der Waals surface area contributed by atoms with Crippen LogP contribution in [-0.2, 0) is 0 Å². The Bertz CT molecular complexity index is 487. The largest absolute Gasteiger partial charge is 0.244 e. The highest BCUT2D eigenvalue weighted by atomic mass is 35.5. The Morgan fingerprint density at radius 3 is 2.87 bits per heavy atom. The van der Waals surface area contributed by atoms with Gasteiger partial charge in [-0.15, -0.1) is 0 Å². The van der Waals surface area contributed by atoms with Gasteiger partial charge in [-0.05, 0) is 12.8 Å². The van der Waals surface area contributed by atoms with Gasteiger partial charge >= 0.3 is 0 Å². The lowest BCUT2D eigenvalue weighted by Gasteiger charge is -2.09. The molecule has 0 atom stereocenters. The van der Waals surface area contributed by atoms with Gasteiger partial charge in [0.25, 0.3) is 0 Å². The molecule has 0 amide bonds. The molecule has 0 spiro atoms. The molecule has 1 saturated carbocycles. The topological polar surface area (TPSA) is 43.6 Å². The lowest BCUT2D eigenvalue weighted by Crippen LogP contribution is -2.06. The molecule has 0 N–H and O–H groups in total. The second-order valence-corrected chi connectivity index (χ2v) is 4.29. The molecule has 4 nitrogen and oxygen atoms in total. The summed E-state index contributed by atoms with van der Waals surface area (Å²) in [6, 6.07) is 0.494. The van der Waals surface area contributed by atoms with Gasteiger partial charge < -0.3 is 0 Å². The van der Waals surface area contributed by atoms with Crippen molar-refractivity contribution in [2.24, 2.45) is 0 Å². The fourth-order valence-electron chi connectivity index (χ4n) is 2.25. The van der Waals surface area contributed by atoms with E-state index in [1.807, 2.05) is 4.68 Å². The smallest absolute Gasteiger partial charge is 0.162 e. The van der Waals surface area contributed by atoms with Crippen molar-refractivity contribution in [2.45, 2.75) is 31.7 Å². The van der Waals surface area contributed by atoms with Gasteiger partial charge in [-0.1, -0.05) is 24.4 Å². The van der Waals surface area contributed by atoms with Gasteiger partial charge in [0.1, 0.15) is 11.5 Å². The minimum absolute atomic E-state index is 0.490. The average Bonchev–Trinajstić information content (AvgIpc) is 2.85. The number of hydrogen-bond acceptors (Lipinski definition) is 3. The molecule has 0 bridgehead atoms. The molecule has 1 aliphatic rings. The first kappa shape index (κ1) is 9.09. The third-order valence-electron chi connectivity index (χ3n) is 3.01. The lowest BCUT2D eigenvalue weighted by atomic mass is 10.2. The molecule has 5 heteroatoms. The van der Waals surface area contributed by atoms with Crippen LogP contribution in [0.3, 0.4) is 0 Å². The maximum atomic E-state index is 5.97. The molecule has 2 aromatic rings. The first-order valence-corrected chi connectivity index (χ1v) is 5.58. The third kappa shape index (κ3) is 1.40. The van der Waals surface area contributed by atoms with E-state index >= 15 is 0 Å². The molecule has 0 radical (unpaired) electrons. The van der Waals surface area contributed by atoms with Gasteiger partial charge in [-0.25, -0.2) is 14.6 Å². The van der Waals surface area contributed by atoms with Crippen molar-refractivity contribution >= 4 is 22.6 Å². The highest BCUT2D eigenvalue weighted by Crippen LogP contribution is 2.31. The summed E-state index contributed by atoms with van der Waals surface area (Å²) in [5.41, 5.74) is 0.863. The van der Waals surface area contributed by atoms with E-state index in [9.17, 15) is 0 Å². The summed E-state index contributed by atoms with van der Waals surface area (Å²) in [6.45, 7) is 0. The zero-order valence-corrected chi connectivity index (χ0v) is 8.98. The normalized spacial score (nSPS) is 17.7. The van der Waals surface area contributed by atoms with E-state index in [1.54, 1.807) is 6.20 Å². The van der Waals surface area contributed by atoms with Crippen molar-refractivity contribution in [2.75, 3.05) is 0 Å². The standard InChI is InChI=1S/C10H11ClN4/c11-9-8-5-14-15(7-3-1-2-4-7)10(8)13-6-12-9/h5-7H,1-4H2. The second kappa shape index (κ2) is 3.45. The maximum absolute atomic E-state index is 5.97. The van der Waals surface area contributed by atoms with Crippen LogP contribution in [0.25, 0.3) is 11.0 Å². The first-order valence-electron chi connectivity index (χ1n) is 5.20. The van der Waals surface area contributed by atoms with Crippen LogP contribution >= 0.6 is 11.6 Å². The number of halogens is 1. The highest BCUT2D eigenvalue weighted by molar-refractivity contribution is 6.33. The Labute approximate surface area is 92.3 Å². The van der Waals surface area contributed by atoms with Crippen molar-refractivity contribution in [3.05, 3.63) is 17.7 Å². The van der Waals surface area contributed by atoms with Gasteiger partial charge in [-0.2, -0.15) is 5.10 Å². The summed E-state index contributed by atoms with van der Waals surface area (Å²) in [4.78, 5) is 8.20. The van der Waals surface area contributed by atoms with Crippen LogP contribution in [0.4, 0.5) is 0 Å². The molecule has 1 aliphatic carbocycles. The monoisotopic (exact) mass is 222 g/mol. The van der Waals surface area contributed by atoms with Crippen molar-refractivity contribution in [3.63, 3.8) is 0 Å². The summed E-state index contributed by atoms with van der Waals surface area (Å²) >= 11 is 5.97. The summed E-state index contributed by atoms with van der Waals surface area (Å²) in [5, 5.41) is 5.71. The minimum atomic E-state index is 0.490. The van der Waals surface area contributed by atoms with Gasteiger partial charge in [0, 0.05) is 0 Å². The third-order valence-corrected chi connectivity index (χ3v) is 3.31. The molecule has 0 aliphatic heterocycles. The van der Waals surface area contributed by atoms with Crippen molar-refractivity contribution in [3.8, 4) is 0 Å². The van der Waals surface area contributed by atoms with Gasteiger partial charge in [-0.3, -0.25) is 0 Å². The van der Waals surface area contributed by atoms with Gasteiger partial charge in [0.15, 0.2) is 5.65 Å². The molecule has 78 valence electrons. The lowest BCUT2D eigenvalue weighted by molar-refractivity contribution is 0.478. The zero-order valence-electron chi connectivity index (χ0n) is 8.23. The van der Waals surface area contributed by atoms with E-state index in [0.29, 0.717) is 11.2 Å². The van der Waals surface area contributed by atoms with E-state index in [1.165, 1.54) is 32.0 Å². The van der Waals surface area contributed by atoms with Crippen molar-refractivity contribution in [1.29, 1.82) is 0 Å². The molecule has 0 aromatic carbocycles. The summed E-state index contributed by atoms with van der Waals surface area (Å²) in [7, 11) is 0. The zero-order chi connectivity index (χ0) is 10.3. The second-order valence-electron chi connectivity index (χ2n) is 3.93. The fraction of sp³-hybridized carbons (Fsp3) is 0.500. The number of fused-ring (bicyclic) bond motifs is 1. The number of rotatable bonds is 1. The average molecular weight is 223 g/mol. The predicted molar refractivity (Wildman–Crippen MR) is 57.8 cm³/mol. The van der Waals surface area contributed by atoms with Crippen molar-refractivity contribution < 1.29 is 0 Å². The highest BCUT2D eigenvalue weighted by Gasteiger charge is 2.20. The Balaban J connectivity index is 2.15. The molecule has 15 heavy (non-hydrogen) atoms. The van der Waals surface area contributed by atoms with Crippen LogP contribution in [0.1, 0.15) is 31.7 Å². The van der Waals surface area contributed by atoms with E-state index < -0.39 is 0 Å². The Morgan fingerprint density at radius 2 is 2.07 bits per heavy atom. The van der Waals surface area contributed by atoms with Crippen LogP contribution in [0.5, 0.6) is 0 Å². The van der Waals surface area contributed by atoms with Gasteiger partial charge in [0.2, 0.25) is 0 Å².